The average molecular weight is 254 g/mol. The van der Waals surface area contributed by atoms with Gasteiger partial charge >= 0.3 is 0 Å². The molecule has 5 heteroatoms. The summed E-state index contributed by atoms with van der Waals surface area (Å²) >= 11 is 0. The number of hydrogen-bond donors (Lipinski definition) is 3. The molecule has 1 rings (SSSR count). The fourth-order valence-electron chi connectivity index (χ4n) is 1.39. The minimum absolute atomic E-state index is 0.0199. The molecule has 1 amide bonds. The van der Waals surface area contributed by atoms with Crippen molar-refractivity contribution in [3.8, 4) is 5.75 Å². The van der Waals surface area contributed by atoms with Crippen LogP contribution in [-0.4, -0.2) is 24.1 Å². The van der Waals surface area contributed by atoms with Crippen LogP contribution in [0.25, 0.3) is 0 Å². The Hall–Kier alpha value is -1.62. The van der Waals surface area contributed by atoms with Gasteiger partial charge < -0.3 is 15.7 Å². The van der Waals surface area contributed by atoms with Gasteiger partial charge in [-0.3, -0.25) is 4.79 Å². The van der Waals surface area contributed by atoms with Gasteiger partial charge in [-0.2, -0.15) is 0 Å². The molecule has 0 atom stereocenters. The average Bonchev–Trinajstić information content (AvgIpc) is 2.31. The number of carbonyl (C=O) groups is 1. The molecular weight excluding hydrogens is 235 g/mol. The first-order chi connectivity index (χ1) is 8.49. The van der Waals surface area contributed by atoms with E-state index in [0.29, 0.717) is 18.0 Å². The van der Waals surface area contributed by atoms with Gasteiger partial charge in [-0.25, -0.2) is 4.39 Å². The zero-order chi connectivity index (χ0) is 13.5. The van der Waals surface area contributed by atoms with Gasteiger partial charge in [0.15, 0.2) is 0 Å². The van der Waals surface area contributed by atoms with Crippen molar-refractivity contribution >= 4 is 5.91 Å². The Labute approximate surface area is 106 Å². The number of phenols is 1. The van der Waals surface area contributed by atoms with E-state index in [-0.39, 0.29) is 24.7 Å². The summed E-state index contributed by atoms with van der Waals surface area (Å²) in [5.74, 6) is -0.0962. The van der Waals surface area contributed by atoms with Gasteiger partial charge in [0.1, 0.15) is 11.6 Å². The molecule has 0 bridgehead atoms. The minimum atomic E-state index is -0.408. The molecular formula is C13H19FN2O2. The molecule has 0 radical (unpaired) electrons. The van der Waals surface area contributed by atoms with Crippen LogP contribution in [0.2, 0.25) is 0 Å². The first-order valence-electron chi connectivity index (χ1n) is 5.94. The zero-order valence-electron chi connectivity index (χ0n) is 10.7. The number of nitrogens with one attached hydrogen (secondary N) is 2. The molecule has 0 spiro atoms. The maximum atomic E-state index is 12.9. The first kappa shape index (κ1) is 14.4. The summed E-state index contributed by atoms with van der Waals surface area (Å²) < 4.78 is 12.9. The van der Waals surface area contributed by atoms with E-state index in [2.05, 4.69) is 10.6 Å². The Balaban J connectivity index is 2.33. The van der Waals surface area contributed by atoms with Crippen LogP contribution in [0, 0.1) is 11.7 Å². The highest BCUT2D eigenvalue weighted by Gasteiger charge is 2.05. The molecule has 0 aliphatic carbocycles. The predicted octanol–water partition coefficient (Wildman–Crippen LogP) is 1.39. The van der Waals surface area contributed by atoms with Gasteiger partial charge in [0.25, 0.3) is 0 Å². The van der Waals surface area contributed by atoms with Crippen molar-refractivity contribution in [3.63, 3.8) is 0 Å². The summed E-state index contributed by atoms with van der Waals surface area (Å²) in [6.07, 6.45) is 0. The molecule has 0 unspecified atom stereocenters. The third kappa shape index (κ3) is 5.14. The standard InChI is InChI=1S/C13H19FN2O2/c1-9(2)6-16-13(18)8-15-7-10-5-11(14)3-4-12(10)17/h3-5,9,15,17H,6-8H2,1-2H3,(H,16,18). The summed E-state index contributed by atoms with van der Waals surface area (Å²) in [5, 5.41) is 15.1. The normalized spacial score (nSPS) is 10.7. The Morgan fingerprint density at radius 2 is 2.17 bits per heavy atom. The molecule has 0 saturated heterocycles. The van der Waals surface area contributed by atoms with E-state index in [0.717, 1.165) is 0 Å². The number of halogens is 1. The van der Waals surface area contributed by atoms with Gasteiger partial charge in [-0.15, -0.1) is 0 Å². The second-order valence-electron chi connectivity index (χ2n) is 4.57. The van der Waals surface area contributed by atoms with Gasteiger partial charge in [0.05, 0.1) is 6.54 Å². The fourth-order valence-corrected chi connectivity index (χ4v) is 1.39. The van der Waals surface area contributed by atoms with Crippen molar-refractivity contribution in [2.45, 2.75) is 20.4 Å². The van der Waals surface area contributed by atoms with E-state index < -0.39 is 5.82 Å². The van der Waals surface area contributed by atoms with Gasteiger partial charge in [0, 0.05) is 18.7 Å². The number of aromatic hydroxyl groups is 1. The molecule has 1 aromatic carbocycles. The fraction of sp³-hybridized carbons (Fsp3) is 0.462. The number of hydrogen-bond acceptors (Lipinski definition) is 3. The van der Waals surface area contributed by atoms with Crippen LogP contribution in [0.3, 0.4) is 0 Å². The number of amides is 1. The Morgan fingerprint density at radius 1 is 1.44 bits per heavy atom. The number of phenolic OH excluding ortho intramolecular Hbond substituents is 1. The highest BCUT2D eigenvalue weighted by atomic mass is 19.1. The maximum Gasteiger partial charge on any atom is 0.233 e. The van der Waals surface area contributed by atoms with Crippen molar-refractivity contribution in [2.24, 2.45) is 5.92 Å². The highest BCUT2D eigenvalue weighted by molar-refractivity contribution is 5.77. The van der Waals surface area contributed by atoms with Crippen LogP contribution in [0.4, 0.5) is 4.39 Å². The molecule has 0 aliphatic rings. The minimum Gasteiger partial charge on any atom is -0.508 e. The molecule has 1 aromatic rings. The molecule has 0 aromatic heterocycles. The summed E-state index contributed by atoms with van der Waals surface area (Å²) in [6.45, 7) is 5.05. The second-order valence-corrected chi connectivity index (χ2v) is 4.57. The maximum absolute atomic E-state index is 12.9. The van der Waals surface area contributed by atoms with E-state index in [1.54, 1.807) is 0 Å². The van der Waals surface area contributed by atoms with Crippen molar-refractivity contribution in [2.75, 3.05) is 13.1 Å². The zero-order valence-corrected chi connectivity index (χ0v) is 10.7. The van der Waals surface area contributed by atoms with E-state index >= 15 is 0 Å². The number of benzene rings is 1. The van der Waals surface area contributed by atoms with Crippen molar-refractivity contribution in [1.29, 1.82) is 0 Å². The molecule has 0 heterocycles. The van der Waals surface area contributed by atoms with Crippen LogP contribution in [-0.2, 0) is 11.3 Å². The Morgan fingerprint density at radius 3 is 2.83 bits per heavy atom. The number of carbonyl (C=O) groups excluding carboxylic acids is 1. The van der Waals surface area contributed by atoms with Crippen molar-refractivity contribution < 1.29 is 14.3 Å². The quantitative estimate of drug-likeness (QED) is 0.719. The van der Waals surface area contributed by atoms with Crippen LogP contribution in [0.15, 0.2) is 18.2 Å². The van der Waals surface area contributed by atoms with E-state index in [4.69, 9.17) is 0 Å². The Kier molecular flexibility index (Phi) is 5.58. The molecule has 4 nitrogen and oxygen atoms in total. The molecule has 18 heavy (non-hydrogen) atoms. The lowest BCUT2D eigenvalue weighted by molar-refractivity contribution is -0.120. The molecule has 0 fully saturated rings. The first-order valence-corrected chi connectivity index (χ1v) is 5.94. The summed E-state index contributed by atoms with van der Waals surface area (Å²) in [7, 11) is 0. The van der Waals surface area contributed by atoms with E-state index in [1.807, 2.05) is 13.8 Å². The lowest BCUT2D eigenvalue weighted by Crippen LogP contribution is -2.35. The van der Waals surface area contributed by atoms with Crippen molar-refractivity contribution in [1.82, 2.24) is 10.6 Å². The summed E-state index contributed by atoms with van der Waals surface area (Å²) in [4.78, 5) is 11.4. The second kappa shape index (κ2) is 6.96. The number of rotatable bonds is 6. The SMILES string of the molecule is CC(C)CNC(=O)CNCc1cc(F)ccc1O. The summed E-state index contributed by atoms with van der Waals surface area (Å²) in [5.41, 5.74) is 0.437. The van der Waals surface area contributed by atoms with Crippen LogP contribution < -0.4 is 10.6 Å². The van der Waals surface area contributed by atoms with Gasteiger partial charge in [-0.1, -0.05) is 13.8 Å². The summed E-state index contributed by atoms with van der Waals surface area (Å²) in [6, 6.07) is 3.73. The van der Waals surface area contributed by atoms with Crippen LogP contribution in [0.1, 0.15) is 19.4 Å². The van der Waals surface area contributed by atoms with E-state index in [9.17, 15) is 14.3 Å². The molecule has 0 aliphatic heterocycles. The predicted molar refractivity (Wildman–Crippen MR) is 67.6 cm³/mol. The van der Waals surface area contributed by atoms with Gasteiger partial charge in [-0.05, 0) is 24.1 Å². The lowest BCUT2D eigenvalue weighted by atomic mass is 10.2. The smallest absolute Gasteiger partial charge is 0.233 e. The van der Waals surface area contributed by atoms with Crippen LogP contribution >= 0.6 is 0 Å². The third-order valence-electron chi connectivity index (χ3n) is 2.35. The third-order valence-corrected chi connectivity index (χ3v) is 2.35. The highest BCUT2D eigenvalue weighted by Crippen LogP contribution is 2.17. The topological polar surface area (TPSA) is 61.4 Å². The van der Waals surface area contributed by atoms with Gasteiger partial charge in [0.2, 0.25) is 5.91 Å². The monoisotopic (exact) mass is 254 g/mol. The lowest BCUT2D eigenvalue weighted by Gasteiger charge is -2.09. The van der Waals surface area contributed by atoms with Crippen molar-refractivity contribution in [3.05, 3.63) is 29.6 Å². The van der Waals surface area contributed by atoms with Crippen LogP contribution in [0.5, 0.6) is 5.75 Å². The molecule has 0 saturated carbocycles. The van der Waals surface area contributed by atoms with E-state index in [1.165, 1.54) is 18.2 Å². The molecule has 100 valence electrons. The molecule has 3 N–H and O–H groups in total. The Bertz CT molecular complexity index is 408. The largest absolute Gasteiger partial charge is 0.508 e.